The molecule has 0 bridgehead atoms. The minimum atomic E-state index is 0.0177. The minimum Gasteiger partial charge on any atom is -0.264 e. The van der Waals surface area contributed by atoms with Crippen LogP contribution < -0.4 is 9.13 Å². The van der Waals surface area contributed by atoms with Gasteiger partial charge in [0.2, 0.25) is 11.4 Å². The van der Waals surface area contributed by atoms with Crippen molar-refractivity contribution >= 4 is 10.8 Å². The number of hydrogen-bond donors (Lipinski definition) is 0. The fraction of sp³-hybridized carbons (Fsp3) is 0.229. The number of rotatable bonds is 4. The molecule has 0 radical (unpaired) electrons. The van der Waals surface area contributed by atoms with Gasteiger partial charge in [0, 0.05) is 59.1 Å². The summed E-state index contributed by atoms with van der Waals surface area (Å²) in [6.45, 7) is 15.9. The zero-order valence-corrected chi connectivity index (χ0v) is 31.1. The monoisotopic (exact) mass is 665 g/mol. The van der Waals surface area contributed by atoms with Crippen molar-refractivity contribution in [1.29, 1.82) is 0 Å². The number of benzene rings is 4. The van der Waals surface area contributed by atoms with Crippen LogP contribution in [0.2, 0.25) is 0 Å². The van der Waals surface area contributed by atoms with Gasteiger partial charge < -0.3 is 0 Å². The first kappa shape index (κ1) is 32.8. The lowest BCUT2D eigenvalue weighted by molar-refractivity contribution is -0.708. The fourth-order valence-corrected chi connectivity index (χ4v) is 8.33. The molecule has 4 heterocycles. The van der Waals surface area contributed by atoms with Gasteiger partial charge in [-0.15, -0.1) is 0 Å². The van der Waals surface area contributed by atoms with Crippen molar-refractivity contribution in [3.8, 4) is 44.8 Å². The van der Waals surface area contributed by atoms with Crippen molar-refractivity contribution in [2.24, 2.45) is 7.05 Å². The SMILES string of the molecule is Cc1ccc(-c2ccc(-c3ccc(C4C(C)c5ccccc5-c5cc(C)cc[n+]54)c(-c4cc(C(C)(C)C)cc[n+]4C)c3)c3ccncc23)c(C)c1. The average Bonchev–Trinajstić information content (AvgIpc) is 3.11. The van der Waals surface area contributed by atoms with Crippen LogP contribution in [0.4, 0.5) is 0 Å². The number of aryl methyl sites for hydroxylation is 4. The van der Waals surface area contributed by atoms with E-state index in [4.69, 9.17) is 0 Å². The van der Waals surface area contributed by atoms with Gasteiger partial charge in [-0.25, -0.2) is 4.57 Å². The van der Waals surface area contributed by atoms with E-state index in [0.29, 0.717) is 0 Å². The molecule has 252 valence electrons. The van der Waals surface area contributed by atoms with E-state index in [1.165, 1.54) is 88.9 Å². The smallest absolute Gasteiger partial charge is 0.213 e. The molecule has 0 amide bonds. The summed E-state index contributed by atoms with van der Waals surface area (Å²) < 4.78 is 4.82. The van der Waals surface area contributed by atoms with Crippen molar-refractivity contribution in [3.05, 3.63) is 161 Å². The van der Waals surface area contributed by atoms with E-state index in [1.807, 2.05) is 12.4 Å². The van der Waals surface area contributed by atoms with Gasteiger partial charge >= 0.3 is 0 Å². The van der Waals surface area contributed by atoms with E-state index >= 15 is 0 Å². The summed E-state index contributed by atoms with van der Waals surface area (Å²) in [5.41, 5.74) is 17.9. The summed E-state index contributed by atoms with van der Waals surface area (Å²) in [4.78, 5) is 4.61. The summed E-state index contributed by atoms with van der Waals surface area (Å²) in [6, 6.07) is 39.1. The van der Waals surface area contributed by atoms with Gasteiger partial charge in [0.15, 0.2) is 18.4 Å². The van der Waals surface area contributed by atoms with Crippen LogP contribution in [0.15, 0.2) is 128 Å². The van der Waals surface area contributed by atoms with E-state index in [1.54, 1.807) is 0 Å². The van der Waals surface area contributed by atoms with Crippen LogP contribution in [0, 0.1) is 20.8 Å². The van der Waals surface area contributed by atoms with Crippen LogP contribution in [0.5, 0.6) is 0 Å². The Kier molecular flexibility index (Phi) is 7.98. The largest absolute Gasteiger partial charge is 0.264 e. The Hall–Kier alpha value is -5.41. The molecule has 0 spiro atoms. The summed E-state index contributed by atoms with van der Waals surface area (Å²) in [6.07, 6.45) is 8.50. The van der Waals surface area contributed by atoms with Crippen LogP contribution in [-0.2, 0) is 12.5 Å². The second-order valence-corrected chi connectivity index (χ2v) is 15.7. The molecule has 3 heteroatoms. The van der Waals surface area contributed by atoms with Gasteiger partial charge in [-0.05, 0) is 94.3 Å². The number of pyridine rings is 3. The van der Waals surface area contributed by atoms with Crippen LogP contribution in [0.25, 0.3) is 55.5 Å². The fourth-order valence-electron chi connectivity index (χ4n) is 8.33. The second-order valence-electron chi connectivity index (χ2n) is 15.7. The lowest BCUT2D eigenvalue weighted by atomic mass is 9.78. The third-order valence-corrected chi connectivity index (χ3v) is 11.1. The molecule has 3 nitrogen and oxygen atoms in total. The topological polar surface area (TPSA) is 20.6 Å². The Morgan fingerprint density at radius 3 is 2.18 bits per heavy atom. The van der Waals surface area contributed by atoms with Crippen molar-refractivity contribution in [3.63, 3.8) is 0 Å². The number of hydrogen-bond acceptors (Lipinski definition) is 1. The van der Waals surface area contributed by atoms with Crippen molar-refractivity contribution in [2.45, 2.75) is 65.8 Å². The van der Waals surface area contributed by atoms with Crippen molar-refractivity contribution in [2.75, 3.05) is 0 Å². The van der Waals surface area contributed by atoms with Crippen LogP contribution >= 0.6 is 0 Å². The maximum atomic E-state index is 4.61. The summed E-state index contributed by atoms with van der Waals surface area (Å²) in [7, 11) is 2.18. The van der Waals surface area contributed by atoms with Gasteiger partial charge in [0.05, 0.1) is 5.56 Å². The van der Waals surface area contributed by atoms with Gasteiger partial charge in [0.1, 0.15) is 7.05 Å². The van der Waals surface area contributed by atoms with E-state index < -0.39 is 0 Å². The Balaban J connectivity index is 1.38. The van der Waals surface area contributed by atoms with Crippen LogP contribution in [0.1, 0.15) is 73.0 Å². The summed E-state index contributed by atoms with van der Waals surface area (Å²) >= 11 is 0. The number of nitrogens with zero attached hydrogens (tertiary/aromatic N) is 3. The lowest BCUT2D eigenvalue weighted by Gasteiger charge is -2.30. The Labute approximate surface area is 302 Å². The highest BCUT2D eigenvalue weighted by atomic mass is 15.0. The number of fused-ring (bicyclic) bond motifs is 4. The predicted octanol–water partition coefficient (Wildman–Crippen LogP) is 10.9. The molecular formula is C48H47N3+2. The molecule has 0 aliphatic carbocycles. The normalized spacial score (nSPS) is 15.5. The molecule has 0 fully saturated rings. The van der Waals surface area contributed by atoms with Gasteiger partial charge in [0.25, 0.3) is 0 Å². The number of aromatic nitrogens is 3. The van der Waals surface area contributed by atoms with E-state index in [2.05, 4.69) is 185 Å². The zero-order chi connectivity index (χ0) is 35.6. The standard InChI is InChI=1S/C48H47N3/c1-30-13-15-36(32(3)25-30)39-18-17-38(40-19-22-49-29-44(39)40)34-14-16-42(43(27-34)45-28-35(48(5,6)7)21-23-50(45)8)47-33(4)37-11-9-10-12-41(37)46-26-31(2)20-24-51(46)47/h9-29,33,47H,1-8H3/q+2. The highest BCUT2D eigenvalue weighted by Crippen LogP contribution is 2.45. The molecule has 2 atom stereocenters. The van der Waals surface area contributed by atoms with Crippen molar-refractivity contribution in [1.82, 2.24) is 4.98 Å². The Morgan fingerprint density at radius 2 is 1.37 bits per heavy atom. The molecule has 0 saturated heterocycles. The third kappa shape index (κ3) is 5.66. The minimum absolute atomic E-state index is 0.0177. The molecule has 51 heavy (non-hydrogen) atoms. The van der Waals surface area contributed by atoms with Gasteiger partial charge in [-0.1, -0.05) is 93.9 Å². The first-order valence-electron chi connectivity index (χ1n) is 18.2. The Morgan fingerprint density at radius 1 is 0.608 bits per heavy atom. The zero-order valence-electron chi connectivity index (χ0n) is 31.1. The molecule has 0 saturated carbocycles. The molecule has 1 aliphatic heterocycles. The van der Waals surface area contributed by atoms with Gasteiger partial charge in [-0.2, -0.15) is 4.57 Å². The first-order valence-corrected chi connectivity index (χ1v) is 18.2. The van der Waals surface area contributed by atoms with Crippen molar-refractivity contribution < 1.29 is 9.13 Å². The molecule has 8 rings (SSSR count). The summed E-state index contributed by atoms with van der Waals surface area (Å²) in [5, 5.41) is 2.38. The molecule has 2 unspecified atom stereocenters. The third-order valence-electron chi connectivity index (χ3n) is 11.1. The molecule has 3 aromatic heterocycles. The quantitative estimate of drug-likeness (QED) is 0.171. The highest BCUT2D eigenvalue weighted by Gasteiger charge is 2.41. The lowest BCUT2D eigenvalue weighted by Crippen LogP contribution is -2.47. The van der Waals surface area contributed by atoms with Gasteiger partial charge in [-0.3, -0.25) is 4.98 Å². The Bertz CT molecular complexity index is 2480. The highest BCUT2D eigenvalue weighted by molar-refractivity contribution is 6.05. The maximum absolute atomic E-state index is 4.61. The first-order chi connectivity index (χ1) is 24.5. The molecular weight excluding hydrogens is 619 g/mol. The average molecular weight is 666 g/mol. The van der Waals surface area contributed by atoms with Crippen LogP contribution in [-0.4, -0.2) is 4.98 Å². The van der Waals surface area contributed by atoms with E-state index in [9.17, 15) is 0 Å². The van der Waals surface area contributed by atoms with E-state index in [-0.39, 0.29) is 17.4 Å². The summed E-state index contributed by atoms with van der Waals surface area (Å²) in [5.74, 6) is 0.269. The molecule has 4 aromatic carbocycles. The van der Waals surface area contributed by atoms with E-state index in [0.717, 1.165) is 0 Å². The molecule has 0 N–H and O–H groups in total. The second kappa shape index (κ2) is 12.4. The van der Waals surface area contributed by atoms with Crippen LogP contribution in [0.3, 0.4) is 0 Å². The maximum Gasteiger partial charge on any atom is 0.213 e. The predicted molar refractivity (Wildman–Crippen MR) is 211 cm³/mol. The molecule has 7 aromatic rings. The molecule has 1 aliphatic rings.